The number of hydrogen-bond acceptors (Lipinski definition) is 4. The third-order valence-electron chi connectivity index (χ3n) is 3.50. The largest absolute Gasteiger partial charge is 0.338 e. The Hall–Kier alpha value is -2.44. The van der Waals surface area contributed by atoms with E-state index in [2.05, 4.69) is 15.5 Å². The average molecular weight is 282 g/mol. The van der Waals surface area contributed by atoms with E-state index < -0.39 is 0 Å². The molecule has 0 aliphatic carbocycles. The molecule has 3 rings (SSSR count). The highest BCUT2D eigenvalue weighted by atomic mass is 15.3. The zero-order valence-electron chi connectivity index (χ0n) is 11.8. The van der Waals surface area contributed by atoms with Crippen LogP contribution in [0.3, 0.4) is 0 Å². The van der Waals surface area contributed by atoms with E-state index >= 15 is 0 Å². The first kappa shape index (κ1) is 13.5. The molecule has 3 N–H and O–H groups in total. The van der Waals surface area contributed by atoms with Crippen LogP contribution in [0.2, 0.25) is 0 Å². The number of nitrogens with two attached hydrogens (primary N) is 1. The van der Waals surface area contributed by atoms with Gasteiger partial charge < -0.3 is 4.57 Å². The minimum absolute atomic E-state index is 0.0731. The summed E-state index contributed by atoms with van der Waals surface area (Å²) in [5.41, 5.74) is 4.74. The number of nitrogens with one attached hydrogen (secondary N) is 1. The minimum atomic E-state index is -0.0731. The maximum Gasteiger partial charge on any atom is 0.110 e. The van der Waals surface area contributed by atoms with E-state index in [0.29, 0.717) is 6.42 Å². The molecule has 0 radical (unpaired) electrons. The van der Waals surface area contributed by atoms with Crippen LogP contribution in [0.25, 0.3) is 5.69 Å². The number of para-hydroxylation sites is 1. The van der Waals surface area contributed by atoms with Crippen molar-refractivity contribution >= 4 is 0 Å². The van der Waals surface area contributed by atoms with E-state index in [1.165, 1.54) is 0 Å². The number of nitrogens with zero attached hydrogens (tertiary/aromatic N) is 4. The van der Waals surface area contributed by atoms with Crippen LogP contribution < -0.4 is 11.3 Å². The van der Waals surface area contributed by atoms with Crippen molar-refractivity contribution in [2.45, 2.75) is 12.5 Å². The monoisotopic (exact) mass is 282 g/mol. The molecule has 6 nitrogen and oxygen atoms in total. The molecule has 3 aromatic rings. The van der Waals surface area contributed by atoms with Crippen molar-refractivity contribution < 1.29 is 0 Å². The third kappa shape index (κ3) is 2.86. The second-order valence-electron chi connectivity index (χ2n) is 4.90. The van der Waals surface area contributed by atoms with Gasteiger partial charge in [-0.05, 0) is 18.2 Å². The molecule has 108 valence electrons. The van der Waals surface area contributed by atoms with E-state index in [-0.39, 0.29) is 6.04 Å². The highest BCUT2D eigenvalue weighted by Crippen LogP contribution is 2.16. The van der Waals surface area contributed by atoms with Gasteiger partial charge in [-0.25, -0.2) is 9.67 Å². The Morgan fingerprint density at radius 3 is 2.67 bits per heavy atom. The fourth-order valence-electron chi connectivity index (χ4n) is 2.27. The lowest BCUT2D eigenvalue weighted by molar-refractivity contribution is 0.514. The van der Waals surface area contributed by atoms with E-state index in [1.54, 1.807) is 6.20 Å². The van der Waals surface area contributed by atoms with Crippen molar-refractivity contribution in [3.8, 4) is 5.69 Å². The van der Waals surface area contributed by atoms with E-state index in [0.717, 1.165) is 17.2 Å². The zero-order valence-corrected chi connectivity index (χ0v) is 11.8. The summed E-state index contributed by atoms with van der Waals surface area (Å²) in [6.45, 7) is 0. The van der Waals surface area contributed by atoms with Crippen LogP contribution in [-0.4, -0.2) is 19.3 Å². The number of benzene rings is 1. The molecule has 0 bridgehead atoms. The SMILES string of the molecule is Cn1ccnc1CC(NN)c1ccn(-c2ccccc2)n1. The summed E-state index contributed by atoms with van der Waals surface area (Å²) in [4.78, 5) is 4.33. The number of aromatic nitrogens is 4. The van der Waals surface area contributed by atoms with Gasteiger partial charge in [0.25, 0.3) is 0 Å². The van der Waals surface area contributed by atoms with Crippen LogP contribution in [0.1, 0.15) is 17.6 Å². The van der Waals surface area contributed by atoms with Gasteiger partial charge in [0.2, 0.25) is 0 Å². The summed E-state index contributed by atoms with van der Waals surface area (Å²) >= 11 is 0. The minimum Gasteiger partial charge on any atom is -0.338 e. The third-order valence-corrected chi connectivity index (χ3v) is 3.50. The Bertz CT molecular complexity index is 700. The van der Waals surface area contributed by atoms with Crippen molar-refractivity contribution in [1.82, 2.24) is 24.8 Å². The molecule has 1 unspecified atom stereocenters. The normalized spacial score (nSPS) is 12.5. The first-order valence-electron chi connectivity index (χ1n) is 6.81. The van der Waals surface area contributed by atoms with Crippen LogP contribution >= 0.6 is 0 Å². The molecular weight excluding hydrogens is 264 g/mol. The van der Waals surface area contributed by atoms with Gasteiger partial charge in [0, 0.05) is 32.1 Å². The molecule has 0 aliphatic heterocycles. The zero-order chi connectivity index (χ0) is 14.7. The second kappa shape index (κ2) is 5.90. The van der Waals surface area contributed by atoms with Crippen molar-refractivity contribution in [3.63, 3.8) is 0 Å². The van der Waals surface area contributed by atoms with Crippen LogP contribution in [0.4, 0.5) is 0 Å². The molecule has 0 aliphatic rings. The second-order valence-corrected chi connectivity index (χ2v) is 4.90. The first-order chi connectivity index (χ1) is 10.3. The van der Waals surface area contributed by atoms with Gasteiger partial charge in [-0.3, -0.25) is 11.3 Å². The van der Waals surface area contributed by atoms with Gasteiger partial charge in [0.1, 0.15) is 5.82 Å². The molecule has 21 heavy (non-hydrogen) atoms. The maximum absolute atomic E-state index is 5.68. The fraction of sp³-hybridized carbons (Fsp3) is 0.200. The fourth-order valence-corrected chi connectivity index (χ4v) is 2.27. The van der Waals surface area contributed by atoms with Crippen LogP contribution in [0.5, 0.6) is 0 Å². The molecule has 1 atom stereocenters. The average Bonchev–Trinajstić information content (AvgIpc) is 3.15. The Morgan fingerprint density at radius 2 is 2.00 bits per heavy atom. The number of rotatable bonds is 5. The lowest BCUT2D eigenvalue weighted by atomic mass is 10.1. The molecule has 1 aromatic carbocycles. The van der Waals surface area contributed by atoms with Crippen molar-refractivity contribution in [1.29, 1.82) is 0 Å². The quantitative estimate of drug-likeness (QED) is 0.547. The van der Waals surface area contributed by atoms with Gasteiger partial charge in [-0.2, -0.15) is 5.10 Å². The van der Waals surface area contributed by atoms with E-state index in [9.17, 15) is 0 Å². The summed E-state index contributed by atoms with van der Waals surface area (Å²) in [5.74, 6) is 6.65. The molecule has 0 saturated carbocycles. The van der Waals surface area contributed by atoms with Gasteiger partial charge in [-0.15, -0.1) is 0 Å². The van der Waals surface area contributed by atoms with E-state index in [4.69, 9.17) is 5.84 Å². The summed E-state index contributed by atoms with van der Waals surface area (Å²) in [7, 11) is 1.97. The summed E-state index contributed by atoms with van der Waals surface area (Å²) < 4.78 is 3.83. The summed E-state index contributed by atoms with van der Waals surface area (Å²) in [6.07, 6.45) is 6.33. The number of imidazole rings is 1. The Kier molecular flexibility index (Phi) is 3.81. The predicted molar refractivity (Wildman–Crippen MR) is 80.5 cm³/mol. The van der Waals surface area contributed by atoms with Gasteiger partial charge in [0.05, 0.1) is 17.4 Å². The van der Waals surface area contributed by atoms with E-state index in [1.807, 2.05) is 65.1 Å². The highest BCUT2D eigenvalue weighted by Gasteiger charge is 2.16. The molecular formula is C15H18N6. The summed E-state index contributed by atoms with van der Waals surface area (Å²) in [5, 5.41) is 4.60. The van der Waals surface area contributed by atoms with Gasteiger partial charge in [0.15, 0.2) is 0 Å². The van der Waals surface area contributed by atoms with Crippen molar-refractivity contribution in [2.24, 2.45) is 12.9 Å². The Balaban J connectivity index is 1.82. The molecule has 0 amide bonds. The van der Waals surface area contributed by atoms with Crippen molar-refractivity contribution in [3.05, 3.63) is 66.5 Å². The van der Waals surface area contributed by atoms with Crippen LogP contribution in [0.15, 0.2) is 55.0 Å². The van der Waals surface area contributed by atoms with Crippen LogP contribution in [-0.2, 0) is 13.5 Å². The molecule has 2 aromatic heterocycles. The molecule has 0 fully saturated rings. The standard InChI is InChI=1S/C15H18N6/c1-20-10-8-17-15(20)11-14(18-16)13-7-9-21(19-13)12-5-3-2-4-6-12/h2-10,14,18H,11,16H2,1H3. The molecule has 0 spiro atoms. The van der Waals surface area contributed by atoms with Crippen LogP contribution in [0, 0.1) is 0 Å². The maximum atomic E-state index is 5.68. The number of hydrogen-bond donors (Lipinski definition) is 2. The van der Waals surface area contributed by atoms with Crippen molar-refractivity contribution in [2.75, 3.05) is 0 Å². The smallest absolute Gasteiger partial charge is 0.110 e. The molecule has 0 saturated heterocycles. The molecule has 6 heteroatoms. The van der Waals surface area contributed by atoms with Gasteiger partial charge >= 0.3 is 0 Å². The lowest BCUT2D eigenvalue weighted by Crippen LogP contribution is -2.30. The molecule has 2 heterocycles. The highest BCUT2D eigenvalue weighted by molar-refractivity contribution is 5.30. The summed E-state index contributed by atoms with van der Waals surface area (Å²) in [6, 6.07) is 11.9. The topological polar surface area (TPSA) is 73.7 Å². The Labute approximate surface area is 123 Å². The number of aryl methyl sites for hydroxylation is 1. The Morgan fingerprint density at radius 1 is 1.19 bits per heavy atom. The van der Waals surface area contributed by atoms with Gasteiger partial charge in [-0.1, -0.05) is 18.2 Å². The lowest BCUT2D eigenvalue weighted by Gasteiger charge is -2.13. The number of hydrazine groups is 1. The predicted octanol–water partition coefficient (Wildman–Crippen LogP) is 1.35. The first-order valence-corrected chi connectivity index (χ1v) is 6.81.